The number of aromatic nitrogens is 3. The highest BCUT2D eigenvalue weighted by atomic mass is 35.5. The summed E-state index contributed by atoms with van der Waals surface area (Å²) < 4.78 is 6.57. The SMILES string of the molecule is COc1cc([N+](=O)[O-])ccc1-n1cc(CCl)nn1. The van der Waals surface area contributed by atoms with E-state index in [1.165, 1.54) is 23.9 Å². The van der Waals surface area contributed by atoms with E-state index in [2.05, 4.69) is 10.3 Å². The number of rotatable bonds is 4. The largest absolute Gasteiger partial charge is 0.494 e. The van der Waals surface area contributed by atoms with E-state index in [1.807, 2.05) is 0 Å². The highest BCUT2D eigenvalue weighted by molar-refractivity contribution is 6.16. The van der Waals surface area contributed by atoms with Gasteiger partial charge in [-0.15, -0.1) is 16.7 Å². The molecule has 1 heterocycles. The third-order valence-corrected chi connectivity index (χ3v) is 2.57. The van der Waals surface area contributed by atoms with E-state index in [1.54, 1.807) is 12.3 Å². The number of ether oxygens (including phenoxy) is 1. The number of hydrogen-bond acceptors (Lipinski definition) is 5. The summed E-state index contributed by atoms with van der Waals surface area (Å²) >= 11 is 5.63. The zero-order valence-corrected chi connectivity index (χ0v) is 10.2. The van der Waals surface area contributed by atoms with Crippen molar-refractivity contribution in [3.05, 3.63) is 40.2 Å². The number of nitro groups is 1. The number of nitro benzene ring substituents is 1. The van der Waals surface area contributed by atoms with Crippen molar-refractivity contribution in [1.29, 1.82) is 0 Å². The van der Waals surface area contributed by atoms with Crippen molar-refractivity contribution < 1.29 is 9.66 Å². The smallest absolute Gasteiger partial charge is 0.273 e. The van der Waals surface area contributed by atoms with Gasteiger partial charge in [0.15, 0.2) is 5.75 Å². The minimum absolute atomic E-state index is 0.0479. The number of benzene rings is 1. The van der Waals surface area contributed by atoms with Crippen LogP contribution in [0.3, 0.4) is 0 Å². The van der Waals surface area contributed by atoms with Crippen molar-refractivity contribution in [2.75, 3.05) is 7.11 Å². The van der Waals surface area contributed by atoms with E-state index >= 15 is 0 Å². The van der Waals surface area contributed by atoms with Gasteiger partial charge in [0.1, 0.15) is 5.69 Å². The molecule has 0 atom stereocenters. The first-order chi connectivity index (χ1) is 8.65. The van der Waals surface area contributed by atoms with Crippen LogP contribution in [0.4, 0.5) is 5.69 Å². The Kier molecular flexibility index (Phi) is 3.42. The molecule has 2 aromatic rings. The summed E-state index contributed by atoms with van der Waals surface area (Å²) in [5, 5.41) is 18.4. The zero-order chi connectivity index (χ0) is 13.1. The Morgan fingerprint density at radius 2 is 2.33 bits per heavy atom. The number of alkyl halides is 1. The van der Waals surface area contributed by atoms with Gasteiger partial charge in [-0.1, -0.05) is 5.21 Å². The Morgan fingerprint density at radius 3 is 2.89 bits per heavy atom. The van der Waals surface area contributed by atoms with Gasteiger partial charge in [0.25, 0.3) is 5.69 Å². The molecule has 0 aliphatic rings. The number of halogens is 1. The van der Waals surface area contributed by atoms with Gasteiger partial charge in [-0.25, -0.2) is 4.68 Å². The standard InChI is InChI=1S/C10H9ClN4O3/c1-18-10-4-8(15(16)17)2-3-9(10)14-6-7(5-11)12-13-14/h2-4,6H,5H2,1H3. The van der Waals surface area contributed by atoms with Crippen LogP contribution in [0.25, 0.3) is 5.69 Å². The first kappa shape index (κ1) is 12.3. The molecule has 0 bridgehead atoms. The molecule has 18 heavy (non-hydrogen) atoms. The molecule has 0 unspecified atom stereocenters. The van der Waals surface area contributed by atoms with Gasteiger partial charge in [0.05, 0.1) is 35.9 Å². The number of hydrogen-bond donors (Lipinski definition) is 0. The molecular formula is C10H9ClN4O3. The fraction of sp³-hybridized carbons (Fsp3) is 0.200. The van der Waals surface area contributed by atoms with Crippen LogP contribution >= 0.6 is 11.6 Å². The Bertz CT molecular complexity index is 584. The van der Waals surface area contributed by atoms with Crippen LogP contribution < -0.4 is 4.74 Å². The van der Waals surface area contributed by atoms with E-state index < -0.39 is 4.92 Å². The van der Waals surface area contributed by atoms with Crippen molar-refractivity contribution in [2.24, 2.45) is 0 Å². The second-order valence-corrected chi connectivity index (χ2v) is 3.67. The van der Waals surface area contributed by atoms with Gasteiger partial charge < -0.3 is 4.74 Å². The van der Waals surface area contributed by atoms with Crippen molar-refractivity contribution in [2.45, 2.75) is 5.88 Å². The summed E-state index contributed by atoms with van der Waals surface area (Å²) in [5.41, 5.74) is 1.12. The van der Waals surface area contributed by atoms with Gasteiger partial charge in [0, 0.05) is 6.07 Å². The Hall–Kier alpha value is -2.15. The molecule has 7 nitrogen and oxygen atoms in total. The normalized spacial score (nSPS) is 10.3. The summed E-state index contributed by atoms with van der Waals surface area (Å²) in [7, 11) is 1.43. The summed E-state index contributed by atoms with van der Waals surface area (Å²) in [6.45, 7) is 0. The van der Waals surface area contributed by atoms with Crippen LogP contribution in [-0.2, 0) is 5.88 Å². The molecule has 0 aliphatic heterocycles. The lowest BCUT2D eigenvalue weighted by Crippen LogP contribution is -2.00. The molecule has 94 valence electrons. The molecule has 0 spiro atoms. The summed E-state index contributed by atoms with van der Waals surface area (Å²) in [5.74, 6) is 0.588. The second kappa shape index (κ2) is 5.01. The maximum absolute atomic E-state index is 10.7. The van der Waals surface area contributed by atoms with Gasteiger partial charge in [-0.2, -0.15) is 0 Å². The third-order valence-electron chi connectivity index (χ3n) is 2.30. The summed E-state index contributed by atoms with van der Waals surface area (Å²) in [4.78, 5) is 10.2. The lowest BCUT2D eigenvalue weighted by Gasteiger charge is -2.06. The first-order valence-electron chi connectivity index (χ1n) is 4.95. The summed E-state index contributed by atoms with van der Waals surface area (Å²) in [6, 6.07) is 4.25. The Balaban J connectivity index is 2.47. The molecule has 0 fully saturated rings. The van der Waals surface area contributed by atoms with E-state index in [0.29, 0.717) is 17.1 Å². The predicted molar refractivity (Wildman–Crippen MR) is 64.1 cm³/mol. The van der Waals surface area contributed by atoms with Crippen molar-refractivity contribution in [3.8, 4) is 11.4 Å². The van der Waals surface area contributed by atoms with Crippen LogP contribution in [0.15, 0.2) is 24.4 Å². The minimum Gasteiger partial charge on any atom is -0.494 e. The molecule has 8 heteroatoms. The molecule has 0 saturated carbocycles. The van der Waals surface area contributed by atoms with E-state index in [0.717, 1.165) is 0 Å². The molecular weight excluding hydrogens is 260 g/mol. The molecule has 1 aromatic heterocycles. The van der Waals surface area contributed by atoms with Gasteiger partial charge in [-0.3, -0.25) is 10.1 Å². The van der Waals surface area contributed by atoms with Crippen LogP contribution in [-0.4, -0.2) is 27.0 Å². The monoisotopic (exact) mass is 268 g/mol. The fourth-order valence-electron chi connectivity index (χ4n) is 1.45. The molecule has 2 rings (SSSR count). The van der Waals surface area contributed by atoms with E-state index in [-0.39, 0.29) is 11.6 Å². The van der Waals surface area contributed by atoms with Gasteiger partial charge in [-0.05, 0) is 6.07 Å². The molecule has 1 aromatic carbocycles. The van der Waals surface area contributed by atoms with Crippen LogP contribution in [0.2, 0.25) is 0 Å². The van der Waals surface area contributed by atoms with E-state index in [4.69, 9.17) is 16.3 Å². The zero-order valence-electron chi connectivity index (χ0n) is 9.41. The molecule has 0 radical (unpaired) electrons. The highest BCUT2D eigenvalue weighted by Crippen LogP contribution is 2.27. The second-order valence-electron chi connectivity index (χ2n) is 3.40. The van der Waals surface area contributed by atoms with Crippen molar-refractivity contribution in [3.63, 3.8) is 0 Å². The lowest BCUT2D eigenvalue weighted by atomic mass is 10.2. The van der Waals surface area contributed by atoms with Crippen LogP contribution in [0, 0.1) is 10.1 Å². The third kappa shape index (κ3) is 2.25. The number of methoxy groups -OCH3 is 1. The maximum atomic E-state index is 10.7. The maximum Gasteiger partial charge on any atom is 0.273 e. The quantitative estimate of drug-likeness (QED) is 0.480. The Labute approximate surface area is 107 Å². The summed E-state index contributed by atoms with van der Waals surface area (Å²) in [6.07, 6.45) is 1.64. The molecule has 0 saturated heterocycles. The lowest BCUT2D eigenvalue weighted by molar-refractivity contribution is -0.384. The minimum atomic E-state index is -0.488. The average Bonchev–Trinajstić information content (AvgIpc) is 2.86. The van der Waals surface area contributed by atoms with Gasteiger partial charge in [0.2, 0.25) is 0 Å². The fourth-order valence-corrected chi connectivity index (χ4v) is 1.57. The van der Waals surface area contributed by atoms with Crippen LogP contribution in [0.1, 0.15) is 5.69 Å². The number of non-ortho nitro benzene ring substituents is 1. The highest BCUT2D eigenvalue weighted by Gasteiger charge is 2.13. The van der Waals surface area contributed by atoms with Gasteiger partial charge >= 0.3 is 0 Å². The molecule has 0 N–H and O–H groups in total. The topological polar surface area (TPSA) is 83.1 Å². The van der Waals surface area contributed by atoms with Crippen LogP contribution in [0.5, 0.6) is 5.75 Å². The molecule has 0 aliphatic carbocycles. The Morgan fingerprint density at radius 1 is 1.56 bits per heavy atom. The molecule has 0 amide bonds. The van der Waals surface area contributed by atoms with Crippen molar-refractivity contribution in [1.82, 2.24) is 15.0 Å². The predicted octanol–water partition coefficient (Wildman–Crippen LogP) is 1.92. The van der Waals surface area contributed by atoms with E-state index in [9.17, 15) is 10.1 Å². The average molecular weight is 269 g/mol. The van der Waals surface area contributed by atoms with Crippen molar-refractivity contribution >= 4 is 17.3 Å². The first-order valence-corrected chi connectivity index (χ1v) is 5.49. The number of nitrogens with zero attached hydrogens (tertiary/aromatic N) is 4.